The van der Waals surface area contributed by atoms with Gasteiger partial charge in [-0.05, 0) is 0 Å². The quantitative estimate of drug-likeness (QED) is 0.423. The van der Waals surface area contributed by atoms with Crippen molar-refractivity contribution in [2.75, 3.05) is 0 Å². The summed E-state index contributed by atoms with van der Waals surface area (Å²) in [6, 6.07) is 0. The van der Waals surface area contributed by atoms with Crippen LogP contribution in [-0.2, 0) is 0 Å². The molecule has 0 bridgehead atoms. The van der Waals surface area contributed by atoms with Crippen LogP contribution < -0.4 is 0 Å². The summed E-state index contributed by atoms with van der Waals surface area (Å²) >= 11 is 4.16. The second-order valence-corrected chi connectivity index (χ2v) is 0.638. The van der Waals surface area contributed by atoms with Crippen molar-refractivity contribution in [2.45, 2.75) is 5.82 Å². The lowest BCUT2D eigenvalue weighted by Crippen LogP contribution is -1.75. The summed E-state index contributed by atoms with van der Waals surface area (Å²) in [6.07, 6.45) is 0. The van der Waals surface area contributed by atoms with Gasteiger partial charge in [-0.1, -0.05) is 11.6 Å². The monoisotopic (exact) mass is 84.0 g/mol. The zero-order chi connectivity index (χ0) is 3.58. The minimum Gasteiger partial charge on any atom is -0.352 e. The highest BCUT2D eigenvalue weighted by Gasteiger charge is 1.79. The van der Waals surface area contributed by atoms with E-state index in [1.165, 1.54) is 0 Å². The Balaban J connectivity index is 2.32. The Bertz CT molecular complexity index is 12.8. The van der Waals surface area contributed by atoms with E-state index in [1.54, 1.807) is 0 Å². The molecule has 1 N–H and O–H groups in total. The molecule has 0 saturated carbocycles. The number of hydrogen-bond donors (Lipinski definition) is 1. The van der Waals surface area contributed by atoms with E-state index in [0.717, 1.165) is 0 Å². The van der Waals surface area contributed by atoms with Gasteiger partial charge in [-0.25, -0.2) is 0 Å². The van der Waals surface area contributed by atoms with Crippen LogP contribution in [0.15, 0.2) is 0 Å². The van der Waals surface area contributed by atoms with Crippen molar-refractivity contribution in [3.63, 3.8) is 0 Å². The maximum absolute atomic E-state index is 10.3. The third kappa shape index (κ3) is 93.7. The first-order chi connectivity index (χ1) is 1.73. The molecule has 0 radical (unpaired) electrons. The number of rotatable bonds is 0. The number of hydrogen-bond acceptors (Lipinski definition) is 1. The topological polar surface area (TPSA) is 20.2 Å². The molecule has 1 atom stereocenters. The van der Waals surface area contributed by atoms with Gasteiger partial charge in [-0.15, -0.1) is 0 Å². The first-order valence-electron chi connectivity index (χ1n) is 0.695. The molecule has 0 saturated heterocycles. The maximum atomic E-state index is 10.3. The van der Waals surface area contributed by atoms with Gasteiger partial charge < -0.3 is 5.11 Å². The number of halogens is 2. The summed E-state index contributed by atoms with van der Waals surface area (Å²) in [6.45, 7) is 0. The van der Waals surface area contributed by atoms with E-state index in [9.17, 15) is 4.39 Å². The Morgan fingerprint density at radius 3 is 2.00 bits per heavy atom. The molecule has 0 aromatic carbocycles. The minimum absolute atomic E-state index is 2.19. The summed E-state index contributed by atoms with van der Waals surface area (Å²) in [5.41, 5.74) is 0. The van der Waals surface area contributed by atoms with Crippen LogP contribution in [0, 0.1) is 0 Å². The highest BCUT2D eigenvalue weighted by molar-refractivity contribution is 6.18. The highest BCUT2D eigenvalue weighted by atomic mass is 35.5. The predicted molar refractivity (Wildman–Crippen MR) is 13.0 cm³/mol. The average molecular weight is 84.5 g/mol. The van der Waals surface area contributed by atoms with Crippen molar-refractivity contribution in [3.05, 3.63) is 0 Å². The molecular formula is CH2ClFO. The highest BCUT2D eigenvalue weighted by Crippen LogP contribution is 1.84. The number of alkyl halides is 2. The van der Waals surface area contributed by atoms with Crippen molar-refractivity contribution >= 4 is 11.6 Å². The van der Waals surface area contributed by atoms with Crippen LogP contribution in [0.1, 0.15) is 0 Å². The van der Waals surface area contributed by atoms with Crippen molar-refractivity contribution in [2.24, 2.45) is 0 Å². The first kappa shape index (κ1) is 4.18. The van der Waals surface area contributed by atoms with Crippen LogP contribution in [0.3, 0.4) is 0 Å². The third-order valence-electron chi connectivity index (χ3n) is 0. The van der Waals surface area contributed by atoms with Crippen LogP contribution in [0.4, 0.5) is 4.39 Å². The molecule has 4 heavy (non-hydrogen) atoms. The Labute approximate surface area is 28.0 Å². The van der Waals surface area contributed by atoms with Gasteiger partial charge in [-0.3, -0.25) is 0 Å². The Kier molecular flexibility index (Phi) is 1.56. The van der Waals surface area contributed by atoms with Crippen molar-refractivity contribution in [3.8, 4) is 0 Å². The van der Waals surface area contributed by atoms with Crippen molar-refractivity contribution < 1.29 is 9.50 Å². The van der Waals surface area contributed by atoms with E-state index < -0.39 is 5.82 Å². The standard InChI is InChI=1S/CH2ClFO/c2-1(3)4/h1,4H. The van der Waals surface area contributed by atoms with Gasteiger partial charge >= 0.3 is 0 Å². The number of aliphatic hydroxyl groups excluding tert-OH is 1. The van der Waals surface area contributed by atoms with Crippen LogP contribution in [-0.4, -0.2) is 10.9 Å². The lowest BCUT2D eigenvalue weighted by atomic mass is 11.6. The van der Waals surface area contributed by atoms with Gasteiger partial charge in [0.05, 0.1) is 0 Å². The third-order valence-corrected chi connectivity index (χ3v) is 0. The van der Waals surface area contributed by atoms with E-state index in [-0.39, 0.29) is 0 Å². The Morgan fingerprint density at radius 1 is 2.00 bits per heavy atom. The van der Waals surface area contributed by atoms with Crippen LogP contribution in [0.2, 0.25) is 0 Å². The second kappa shape index (κ2) is 1.49. The zero-order valence-corrected chi connectivity index (χ0v) is 2.54. The van der Waals surface area contributed by atoms with E-state index in [4.69, 9.17) is 5.11 Å². The molecule has 1 nitrogen and oxygen atoms in total. The minimum atomic E-state index is -2.19. The predicted octanol–water partition coefficient (Wildman–Crippen LogP) is 0.471. The normalized spacial score (nSPS) is 15.8. The lowest BCUT2D eigenvalue weighted by Gasteiger charge is -1.72. The van der Waals surface area contributed by atoms with Crippen molar-refractivity contribution in [1.29, 1.82) is 0 Å². The van der Waals surface area contributed by atoms with Crippen molar-refractivity contribution in [1.82, 2.24) is 0 Å². The molecule has 0 fully saturated rings. The molecular weight excluding hydrogens is 82.5 g/mol. The molecule has 0 aliphatic heterocycles. The summed E-state index contributed by atoms with van der Waals surface area (Å²) in [5.74, 6) is -2.19. The molecule has 0 aromatic rings. The fourth-order valence-corrected chi connectivity index (χ4v) is 0. The van der Waals surface area contributed by atoms with E-state index in [0.29, 0.717) is 0 Å². The van der Waals surface area contributed by atoms with Crippen LogP contribution in [0.5, 0.6) is 0 Å². The zero-order valence-electron chi connectivity index (χ0n) is 1.78. The van der Waals surface area contributed by atoms with Gasteiger partial charge in [-0.2, -0.15) is 4.39 Å². The summed E-state index contributed by atoms with van der Waals surface area (Å²) in [7, 11) is 0. The molecule has 0 aliphatic rings. The molecule has 0 heterocycles. The average Bonchev–Trinajstić information content (AvgIpc) is 0.811. The largest absolute Gasteiger partial charge is 0.352 e. The fourth-order valence-electron chi connectivity index (χ4n) is 0. The van der Waals surface area contributed by atoms with E-state index in [1.807, 2.05) is 0 Å². The molecule has 1 unspecified atom stereocenters. The smallest absolute Gasteiger partial charge is 0.273 e. The van der Waals surface area contributed by atoms with E-state index >= 15 is 0 Å². The molecule has 0 aliphatic carbocycles. The molecule has 26 valence electrons. The number of aliphatic hydroxyl groups is 1. The van der Waals surface area contributed by atoms with Crippen LogP contribution in [0.25, 0.3) is 0 Å². The SMILES string of the molecule is OC(F)Cl. The maximum Gasteiger partial charge on any atom is 0.273 e. The lowest BCUT2D eigenvalue weighted by molar-refractivity contribution is 0.122. The summed E-state index contributed by atoms with van der Waals surface area (Å²) < 4.78 is 10.3. The molecule has 3 heteroatoms. The molecule has 0 amide bonds. The summed E-state index contributed by atoms with van der Waals surface area (Å²) in [4.78, 5) is 0. The van der Waals surface area contributed by atoms with Gasteiger partial charge in [0.15, 0.2) is 0 Å². The first-order valence-corrected chi connectivity index (χ1v) is 1.13. The summed E-state index contributed by atoms with van der Waals surface area (Å²) in [5, 5.41) is 7.15. The second-order valence-electron chi connectivity index (χ2n) is 0.278. The molecule has 0 spiro atoms. The van der Waals surface area contributed by atoms with Gasteiger partial charge in [0, 0.05) is 0 Å². The van der Waals surface area contributed by atoms with Gasteiger partial charge in [0.25, 0.3) is 5.82 Å². The molecule has 0 rings (SSSR count). The van der Waals surface area contributed by atoms with Gasteiger partial charge in [0.1, 0.15) is 0 Å². The van der Waals surface area contributed by atoms with E-state index in [2.05, 4.69) is 11.6 Å². The molecule has 0 aromatic heterocycles. The van der Waals surface area contributed by atoms with Gasteiger partial charge in [0.2, 0.25) is 0 Å². The fraction of sp³-hybridized carbons (Fsp3) is 1.00. The Morgan fingerprint density at radius 2 is 2.00 bits per heavy atom. The van der Waals surface area contributed by atoms with Crippen LogP contribution >= 0.6 is 11.6 Å². The Hall–Kier alpha value is 0.180.